The fraction of sp³-hybridized carbons (Fsp3) is 0.391. The van der Waals surface area contributed by atoms with Crippen molar-refractivity contribution in [3.8, 4) is 11.1 Å². The Morgan fingerprint density at radius 1 is 1.14 bits per heavy atom. The van der Waals surface area contributed by atoms with Crippen LogP contribution in [0.2, 0.25) is 0 Å². The minimum absolute atomic E-state index is 0.00556. The number of benzene rings is 2. The number of carboxylic acid groups (broad SMARTS) is 1. The molecule has 0 bridgehead atoms. The lowest BCUT2D eigenvalue weighted by atomic mass is 10.0. The van der Waals surface area contributed by atoms with Gasteiger partial charge in [-0.2, -0.15) is 0 Å². The number of amides is 1. The second-order valence-electron chi connectivity index (χ2n) is 7.70. The maximum Gasteiger partial charge on any atom is 0.410 e. The minimum atomic E-state index is -1.04. The fourth-order valence-electron chi connectivity index (χ4n) is 3.84. The highest BCUT2D eigenvalue weighted by atomic mass is 16.6. The Bertz CT molecular complexity index is 894. The third-order valence-corrected chi connectivity index (χ3v) is 5.48. The van der Waals surface area contributed by atoms with Crippen LogP contribution >= 0.6 is 0 Å². The first-order valence-electron chi connectivity index (χ1n) is 9.95. The molecule has 1 aliphatic rings. The van der Waals surface area contributed by atoms with Crippen LogP contribution < -0.4 is 5.73 Å². The Hall–Kier alpha value is -2.86. The molecule has 0 fully saturated rings. The van der Waals surface area contributed by atoms with Gasteiger partial charge in [0.1, 0.15) is 12.6 Å². The molecule has 2 aromatic rings. The van der Waals surface area contributed by atoms with Gasteiger partial charge in [0.25, 0.3) is 0 Å². The minimum Gasteiger partial charge on any atom is -0.480 e. The molecule has 6 heteroatoms. The molecule has 6 nitrogen and oxygen atoms in total. The SMILES string of the molecule is CC(N)CCCC(C(=O)O)N(C)C(=O)OCc1cccc2c1Cc1ccccc1-2. The first-order valence-corrected chi connectivity index (χ1v) is 9.95. The molecular formula is C23H28N2O4. The number of hydrogen-bond acceptors (Lipinski definition) is 4. The number of nitrogens with zero attached hydrogens (tertiary/aromatic N) is 1. The molecule has 0 spiro atoms. The predicted octanol–water partition coefficient (Wildman–Crippen LogP) is 3.80. The number of fused-ring (bicyclic) bond motifs is 3. The molecule has 154 valence electrons. The van der Waals surface area contributed by atoms with Gasteiger partial charge in [0, 0.05) is 13.1 Å². The van der Waals surface area contributed by atoms with E-state index >= 15 is 0 Å². The van der Waals surface area contributed by atoms with E-state index in [0.717, 1.165) is 17.5 Å². The van der Waals surface area contributed by atoms with Gasteiger partial charge in [0.15, 0.2) is 0 Å². The molecule has 0 radical (unpaired) electrons. The zero-order valence-corrected chi connectivity index (χ0v) is 16.9. The third kappa shape index (κ3) is 4.77. The average Bonchev–Trinajstić information content (AvgIpc) is 3.07. The standard InChI is InChI=1S/C23H28N2O4/c1-15(24)7-5-12-21(22(26)27)25(2)23(28)29-14-17-9-6-11-19-18-10-4-3-8-16(18)13-20(17)19/h3-4,6,8-11,15,21H,5,7,12-14,24H2,1-2H3,(H,26,27). The highest BCUT2D eigenvalue weighted by Crippen LogP contribution is 2.38. The molecule has 0 saturated carbocycles. The van der Waals surface area contributed by atoms with Gasteiger partial charge >= 0.3 is 12.1 Å². The van der Waals surface area contributed by atoms with Crippen molar-refractivity contribution < 1.29 is 19.4 Å². The lowest BCUT2D eigenvalue weighted by Crippen LogP contribution is -2.42. The first-order chi connectivity index (χ1) is 13.9. The van der Waals surface area contributed by atoms with E-state index < -0.39 is 18.1 Å². The monoisotopic (exact) mass is 396 g/mol. The Labute approximate surface area is 171 Å². The number of rotatable bonds is 8. The van der Waals surface area contributed by atoms with Crippen molar-refractivity contribution in [2.24, 2.45) is 5.73 Å². The Kier molecular flexibility index (Phi) is 6.54. The molecule has 0 heterocycles. The van der Waals surface area contributed by atoms with E-state index in [1.165, 1.54) is 28.6 Å². The fourth-order valence-corrected chi connectivity index (χ4v) is 3.84. The van der Waals surface area contributed by atoms with Gasteiger partial charge in [-0.1, -0.05) is 42.5 Å². The summed E-state index contributed by atoms with van der Waals surface area (Å²) in [7, 11) is 1.47. The number of hydrogen-bond donors (Lipinski definition) is 2. The number of carbonyl (C=O) groups excluding carboxylic acids is 1. The molecule has 3 N–H and O–H groups in total. The Morgan fingerprint density at radius 3 is 2.59 bits per heavy atom. The van der Waals surface area contributed by atoms with E-state index in [-0.39, 0.29) is 12.6 Å². The van der Waals surface area contributed by atoms with Crippen LogP contribution in [0, 0.1) is 0 Å². The molecule has 2 unspecified atom stereocenters. The van der Waals surface area contributed by atoms with Gasteiger partial charge in [0.2, 0.25) is 0 Å². The summed E-state index contributed by atoms with van der Waals surface area (Å²) in [5.74, 6) is -1.04. The van der Waals surface area contributed by atoms with E-state index in [4.69, 9.17) is 10.5 Å². The summed E-state index contributed by atoms with van der Waals surface area (Å²) in [5.41, 5.74) is 11.5. The van der Waals surface area contributed by atoms with Crippen LogP contribution in [0.5, 0.6) is 0 Å². The van der Waals surface area contributed by atoms with Crippen LogP contribution in [0.4, 0.5) is 4.79 Å². The van der Waals surface area contributed by atoms with E-state index in [1.807, 2.05) is 31.2 Å². The maximum absolute atomic E-state index is 12.5. The maximum atomic E-state index is 12.5. The van der Waals surface area contributed by atoms with E-state index in [0.29, 0.717) is 19.3 Å². The van der Waals surface area contributed by atoms with E-state index in [9.17, 15) is 14.7 Å². The summed E-state index contributed by atoms with van der Waals surface area (Å²) in [6, 6.07) is 13.3. The van der Waals surface area contributed by atoms with Gasteiger partial charge in [0.05, 0.1) is 0 Å². The van der Waals surface area contributed by atoms with Crippen molar-refractivity contribution >= 4 is 12.1 Å². The van der Waals surface area contributed by atoms with E-state index in [1.54, 1.807) is 0 Å². The number of aliphatic carboxylic acids is 1. The molecule has 2 aromatic carbocycles. The van der Waals surface area contributed by atoms with Crippen molar-refractivity contribution in [1.29, 1.82) is 0 Å². The van der Waals surface area contributed by atoms with E-state index in [2.05, 4.69) is 18.2 Å². The van der Waals surface area contributed by atoms with Crippen molar-refractivity contribution in [3.63, 3.8) is 0 Å². The summed E-state index contributed by atoms with van der Waals surface area (Å²) in [6.07, 6.45) is 1.87. The number of carbonyl (C=O) groups is 2. The molecule has 0 aromatic heterocycles. The lowest BCUT2D eigenvalue weighted by molar-refractivity contribution is -0.142. The number of nitrogens with two attached hydrogens (primary N) is 1. The summed E-state index contributed by atoms with van der Waals surface area (Å²) in [5, 5.41) is 9.49. The molecule has 0 saturated heterocycles. The quantitative estimate of drug-likeness (QED) is 0.604. The average molecular weight is 396 g/mol. The zero-order chi connectivity index (χ0) is 21.0. The van der Waals surface area contributed by atoms with Crippen LogP contribution in [0.25, 0.3) is 11.1 Å². The summed E-state index contributed by atoms with van der Waals surface area (Å²) >= 11 is 0. The number of likely N-dealkylation sites (N-methyl/N-ethyl adjacent to an activating group) is 1. The highest BCUT2D eigenvalue weighted by molar-refractivity contribution is 5.80. The van der Waals surface area contributed by atoms with Crippen LogP contribution in [0.1, 0.15) is 42.9 Å². The second-order valence-corrected chi connectivity index (χ2v) is 7.70. The normalized spacial score (nSPS) is 13.9. The van der Waals surface area contributed by atoms with Crippen molar-refractivity contribution in [1.82, 2.24) is 4.90 Å². The topological polar surface area (TPSA) is 92.9 Å². The molecule has 3 rings (SSSR count). The van der Waals surface area contributed by atoms with Crippen molar-refractivity contribution in [2.45, 2.75) is 51.3 Å². The van der Waals surface area contributed by atoms with Gasteiger partial charge in [-0.05, 0) is 60.4 Å². The van der Waals surface area contributed by atoms with Crippen LogP contribution in [0.15, 0.2) is 42.5 Å². The van der Waals surface area contributed by atoms with Gasteiger partial charge < -0.3 is 15.6 Å². The Balaban J connectivity index is 1.64. The molecule has 0 aliphatic heterocycles. The number of carboxylic acids is 1. The molecule has 29 heavy (non-hydrogen) atoms. The largest absolute Gasteiger partial charge is 0.480 e. The van der Waals surface area contributed by atoms with Crippen LogP contribution in [-0.2, 0) is 22.6 Å². The molecule has 1 aliphatic carbocycles. The third-order valence-electron chi connectivity index (χ3n) is 5.48. The van der Waals surface area contributed by atoms with Crippen LogP contribution in [-0.4, -0.2) is 41.2 Å². The smallest absolute Gasteiger partial charge is 0.410 e. The summed E-state index contributed by atoms with van der Waals surface area (Å²) in [6.45, 7) is 2.00. The summed E-state index contributed by atoms with van der Waals surface area (Å²) in [4.78, 5) is 25.3. The van der Waals surface area contributed by atoms with Crippen LogP contribution in [0.3, 0.4) is 0 Å². The molecule has 1 amide bonds. The molecular weight excluding hydrogens is 368 g/mol. The number of ether oxygens (including phenoxy) is 1. The zero-order valence-electron chi connectivity index (χ0n) is 16.9. The highest BCUT2D eigenvalue weighted by Gasteiger charge is 2.28. The van der Waals surface area contributed by atoms with Gasteiger partial charge in [-0.3, -0.25) is 4.90 Å². The summed E-state index contributed by atoms with van der Waals surface area (Å²) < 4.78 is 5.47. The lowest BCUT2D eigenvalue weighted by Gasteiger charge is -2.24. The second kappa shape index (κ2) is 9.09. The van der Waals surface area contributed by atoms with Crippen molar-refractivity contribution in [3.05, 3.63) is 59.2 Å². The first kappa shape index (κ1) is 20.9. The molecule has 2 atom stereocenters. The predicted molar refractivity (Wildman–Crippen MR) is 112 cm³/mol. The van der Waals surface area contributed by atoms with Gasteiger partial charge in [-0.25, -0.2) is 9.59 Å². The Morgan fingerprint density at radius 2 is 1.86 bits per heavy atom. The van der Waals surface area contributed by atoms with Crippen molar-refractivity contribution in [2.75, 3.05) is 7.05 Å². The van der Waals surface area contributed by atoms with Gasteiger partial charge in [-0.15, -0.1) is 0 Å².